The second-order valence-electron chi connectivity index (χ2n) is 6.44. The lowest BCUT2D eigenvalue weighted by molar-refractivity contribution is -0.121. The number of rotatable bonds is 10. The van der Waals surface area contributed by atoms with Gasteiger partial charge in [-0.25, -0.2) is 0 Å². The summed E-state index contributed by atoms with van der Waals surface area (Å²) in [5.74, 6) is 0.951. The van der Waals surface area contributed by atoms with Crippen LogP contribution in [0.5, 0.6) is 5.75 Å². The number of nitrogens with two attached hydrogens (primary N) is 1. The first kappa shape index (κ1) is 18.7. The number of carbonyl (C=O) groups excluding carboxylic acids is 1. The van der Waals surface area contributed by atoms with Crippen LogP contribution in [-0.4, -0.2) is 31.8 Å². The van der Waals surface area contributed by atoms with E-state index < -0.39 is 0 Å². The molecule has 1 heterocycles. The van der Waals surface area contributed by atoms with Crippen molar-refractivity contribution >= 4 is 5.91 Å². The molecule has 0 radical (unpaired) electrons. The molecule has 1 aromatic rings. The third-order valence-electron chi connectivity index (χ3n) is 4.24. The van der Waals surface area contributed by atoms with Gasteiger partial charge in [-0.1, -0.05) is 25.0 Å². The van der Waals surface area contributed by atoms with Crippen LogP contribution in [0.1, 0.15) is 49.7 Å². The van der Waals surface area contributed by atoms with Gasteiger partial charge in [0.05, 0.1) is 13.2 Å². The fraction of sp³-hybridized carbons (Fsp3) is 0.632. The minimum Gasteiger partial charge on any atom is -0.488 e. The largest absolute Gasteiger partial charge is 0.488 e. The number of carbonyl (C=O) groups is 1. The van der Waals surface area contributed by atoms with E-state index in [0.29, 0.717) is 19.6 Å². The lowest BCUT2D eigenvalue weighted by atomic mass is 10.1. The van der Waals surface area contributed by atoms with Crippen LogP contribution in [0.2, 0.25) is 0 Å². The highest BCUT2D eigenvalue weighted by Gasteiger charge is 2.18. The maximum Gasteiger partial charge on any atom is 0.220 e. The van der Waals surface area contributed by atoms with E-state index in [4.69, 9.17) is 15.2 Å². The van der Waals surface area contributed by atoms with Gasteiger partial charge in [0.25, 0.3) is 0 Å². The van der Waals surface area contributed by atoms with Gasteiger partial charge in [0.15, 0.2) is 0 Å². The number of hydrogen-bond donors (Lipinski definition) is 2. The Morgan fingerprint density at radius 3 is 2.92 bits per heavy atom. The van der Waals surface area contributed by atoms with Crippen molar-refractivity contribution in [2.45, 2.75) is 58.1 Å². The number of nitrogens with one attached hydrogen (secondary N) is 1. The third-order valence-corrected chi connectivity index (χ3v) is 4.24. The molecule has 1 fully saturated rings. The summed E-state index contributed by atoms with van der Waals surface area (Å²) < 4.78 is 11.4. The van der Waals surface area contributed by atoms with Crippen molar-refractivity contribution in [1.29, 1.82) is 0 Å². The molecule has 1 atom stereocenters. The Morgan fingerprint density at radius 1 is 1.33 bits per heavy atom. The predicted molar refractivity (Wildman–Crippen MR) is 95.0 cm³/mol. The smallest absolute Gasteiger partial charge is 0.220 e. The molecule has 0 spiro atoms. The Bertz CT molecular complexity index is 513. The molecule has 1 amide bonds. The van der Waals surface area contributed by atoms with Crippen LogP contribution in [-0.2, 0) is 16.1 Å². The first-order valence-electron chi connectivity index (χ1n) is 8.99. The van der Waals surface area contributed by atoms with Crippen molar-refractivity contribution in [2.75, 3.05) is 19.8 Å². The van der Waals surface area contributed by atoms with Gasteiger partial charge in [0.1, 0.15) is 11.9 Å². The topological polar surface area (TPSA) is 73.6 Å². The molecule has 0 aromatic heterocycles. The van der Waals surface area contributed by atoms with E-state index in [1.807, 2.05) is 25.1 Å². The van der Waals surface area contributed by atoms with Crippen molar-refractivity contribution in [3.8, 4) is 5.75 Å². The molecule has 1 saturated heterocycles. The third kappa shape index (κ3) is 6.49. The Hall–Kier alpha value is -1.59. The molecule has 1 aliphatic heterocycles. The normalized spacial score (nSPS) is 17.0. The molecule has 5 heteroatoms. The molecule has 2 rings (SSSR count). The van der Waals surface area contributed by atoms with Crippen LogP contribution in [0.25, 0.3) is 0 Å². The molecule has 0 saturated carbocycles. The summed E-state index contributed by atoms with van der Waals surface area (Å²) in [5.41, 5.74) is 7.64. The van der Waals surface area contributed by atoms with Gasteiger partial charge in [-0.2, -0.15) is 0 Å². The van der Waals surface area contributed by atoms with Gasteiger partial charge in [0, 0.05) is 24.9 Å². The average Bonchev–Trinajstić information content (AvgIpc) is 3.07. The van der Waals surface area contributed by atoms with Crippen LogP contribution < -0.4 is 15.8 Å². The summed E-state index contributed by atoms with van der Waals surface area (Å²) >= 11 is 0. The summed E-state index contributed by atoms with van der Waals surface area (Å²) in [7, 11) is 0. The number of aryl methyl sites for hydroxylation is 1. The van der Waals surface area contributed by atoms with Gasteiger partial charge in [0.2, 0.25) is 5.91 Å². The molecular formula is C19H30N2O3. The van der Waals surface area contributed by atoms with Crippen LogP contribution in [0, 0.1) is 6.92 Å². The van der Waals surface area contributed by atoms with Crippen molar-refractivity contribution in [2.24, 2.45) is 5.73 Å². The molecule has 1 unspecified atom stereocenters. The van der Waals surface area contributed by atoms with Gasteiger partial charge in [-0.15, -0.1) is 0 Å². The Balaban J connectivity index is 1.79. The van der Waals surface area contributed by atoms with Gasteiger partial charge >= 0.3 is 0 Å². The van der Waals surface area contributed by atoms with Gasteiger partial charge < -0.3 is 20.5 Å². The SMILES string of the molecule is Cc1ccc(CNC(=O)CCCCCCN)c(OC2CCOC2)c1. The standard InChI is InChI=1S/C19H30N2O3/c1-15-7-8-16(18(12-15)24-17-9-11-23-14-17)13-21-19(22)6-4-2-3-5-10-20/h7-8,12,17H,2-6,9-11,13-14,20H2,1H3,(H,21,22). The predicted octanol–water partition coefficient (Wildman–Crippen LogP) is 2.69. The first-order chi connectivity index (χ1) is 11.7. The van der Waals surface area contributed by atoms with Crippen LogP contribution in [0.15, 0.2) is 18.2 Å². The fourth-order valence-corrected chi connectivity index (χ4v) is 2.77. The summed E-state index contributed by atoms with van der Waals surface area (Å²) in [6.45, 7) is 4.68. The molecule has 3 N–H and O–H groups in total. The lowest BCUT2D eigenvalue weighted by Gasteiger charge is -2.17. The summed E-state index contributed by atoms with van der Waals surface area (Å²) in [6.07, 6.45) is 5.72. The molecule has 24 heavy (non-hydrogen) atoms. The van der Waals surface area contributed by atoms with Crippen molar-refractivity contribution < 1.29 is 14.3 Å². The number of amides is 1. The quantitative estimate of drug-likeness (QED) is 0.645. The maximum atomic E-state index is 12.0. The van der Waals surface area contributed by atoms with E-state index in [-0.39, 0.29) is 12.0 Å². The Morgan fingerprint density at radius 2 is 2.17 bits per heavy atom. The molecule has 1 aliphatic rings. The monoisotopic (exact) mass is 334 g/mol. The van der Waals surface area contributed by atoms with E-state index in [0.717, 1.165) is 62.1 Å². The lowest BCUT2D eigenvalue weighted by Crippen LogP contribution is -2.23. The molecule has 1 aromatic carbocycles. The average molecular weight is 334 g/mol. The minimum atomic E-state index is 0.0958. The number of hydrogen-bond acceptors (Lipinski definition) is 4. The molecule has 0 bridgehead atoms. The van der Waals surface area contributed by atoms with Crippen LogP contribution in [0.4, 0.5) is 0 Å². The minimum absolute atomic E-state index is 0.0958. The maximum absolute atomic E-state index is 12.0. The highest BCUT2D eigenvalue weighted by atomic mass is 16.5. The first-order valence-corrected chi connectivity index (χ1v) is 8.99. The Labute approximate surface area is 144 Å². The van der Waals surface area contributed by atoms with Crippen LogP contribution >= 0.6 is 0 Å². The molecular weight excluding hydrogens is 304 g/mol. The van der Waals surface area contributed by atoms with Gasteiger partial charge in [-0.05, 0) is 37.9 Å². The van der Waals surface area contributed by atoms with E-state index in [1.165, 1.54) is 0 Å². The molecule has 134 valence electrons. The number of unbranched alkanes of at least 4 members (excludes halogenated alkanes) is 3. The summed E-state index contributed by atoms with van der Waals surface area (Å²) in [4.78, 5) is 12.0. The highest BCUT2D eigenvalue weighted by molar-refractivity contribution is 5.75. The second kappa shape index (κ2) is 10.3. The summed E-state index contributed by atoms with van der Waals surface area (Å²) in [6, 6.07) is 6.11. The fourth-order valence-electron chi connectivity index (χ4n) is 2.77. The Kier molecular flexibility index (Phi) is 8.05. The van der Waals surface area contributed by atoms with E-state index >= 15 is 0 Å². The zero-order chi connectivity index (χ0) is 17.2. The zero-order valence-electron chi connectivity index (χ0n) is 14.7. The van der Waals surface area contributed by atoms with Crippen molar-refractivity contribution in [1.82, 2.24) is 5.32 Å². The van der Waals surface area contributed by atoms with Crippen LogP contribution in [0.3, 0.4) is 0 Å². The molecule has 0 aliphatic carbocycles. The number of benzene rings is 1. The second-order valence-corrected chi connectivity index (χ2v) is 6.44. The highest BCUT2D eigenvalue weighted by Crippen LogP contribution is 2.23. The molecule has 5 nitrogen and oxygen atoms in total. The van der Waals surface area contributed by atoms with Crippen molar-refractivity contribution in [3.63, 3.8) is 0 Å². The zero-order valence-corrected chi connectivity index (χ0v) is 14.7. The number of ether oxygens (including phenoxy) is 2. The van der Waals surface area contributed by atoms with Crippen molar-refractivity contribution in [3.05, 3.63) is 29.3 Å². The van der Waals surface area contributed by atoms with E-state index in [9.17, 15) is 4.79 Å². The summed E-state index contributed by atoms with van der Waals surface area (Å²) in [5, 5.41) is 3.00. The van der Waals surface area contributed by atoms with E-state index in [1.54, 1.807) is 0 Å². The van der Waals surface area contributed by atoms with E-state index in [2.05, 4.69) is 5.32 Å². The van der Waals surface area contributed by atoms with Gasteiger partial charge in [-0.3, -0.25) is 4.79 Å².